The number of halogens is 3. The number of H-pyrrole nitrogens is 1. The van der Waals surface area contributed by atoms with Gasteiger partial charge in [-0.3, -0.25) is 14.3 Å². The lowest BCUT2D eigenvalue weighted by Gasteiger charge is -2.17. The summed E-state index contributed by atoms with van der Waals surface area (Å²) in [5, 5.41) is 0. The Labute approximate surface area is 175 Å². The van der Waals surface area contributed by atoms with Crippen molar-refractivity contribution in [2.75, 3.05) is 0 Å². The summed E-state index contributed by atoms with van der Waals surface area (Å²) in [7, 11) is 0. The number of hydrogen-bond donors (Lipinski definition) is 1. The Morgan fingerprint density at radius 2 is 1.58 bits per heavy atom. The molecular weight excluding hydrogens is 413 g/mol. The maximum absolute atomic E-state index is 12.6. The van der Waals surface area contributed by atoms with Crippen LogP contribution in [0.2, 0.25) is 0 Å². The van der Waals surface area contributed by atoms with Gasteiger partial charge in [0.1, 0.15) is 11.5 Å². The van der Waals surface area contributed by atoms with E-state index in [9.17, 15) is 22.8 Å². The third kappa shape index (κ3) is 5.56. The average molecular weight is 434 g/mol. The molecule has 164 valence electrons. The maximum atomic E-state index is 12.6. The van der Waals surface area contributed by atoms with Gasteiger partial charge in [0.25, 0.3) is 5.56 Å². The number of alkyl halides is 3. The van der Waals surface area contributed by atoms with Crippen LogP contribution in [-0.2, 0) is 13.0 Å². The number of nitrogens with one attached hydrogen (secondary N) is 1. The third-order valence-corrected chi connectivity index (χ3v) is 4.50. The number of aryl methyl sites for hydroxylation is 2. The van der Waals surface area contributed by atoms with Crippen LogP contribution < -0.4 is 20.7 Å². The summed E-state index contributed by atoms with van der Waals surface area (Å²) in [6.45, 7) is 5.54. The van der Waals surface area contributed by atoms with Crippen LogP contribution in [0, 0.1) is 13.8 Å². The smallest absolute Gasteiger partial charge is 0.440 e. The number of aromatic amines is 1. The minimum Gasteiger partial charge on any atom is -0.440 e. The van der Waals surface area contributed by atoms with Crippen molar-refractivity contribution in [3.05, 3.63) is 85.6 Å². The molecule has 0 unspecified atom stereocenters. The van der Waals surface area contributed by atoms with Crippen molar-refractivity contribution in [3.8, 4) is 17.4 Å². The molecule has 0 spiro atoms. The lowest BCUT2D eigenvalue weighted by molar-refractivity contribution is -0.274. The van der Waals surface area contributed by atoms with Crippen LogP contribution >= 0.6 is 0 Å². The number of hydrogen-bond acceptors (Lipinski definition) is 4. The first kappa shape index (κ1) is 22.2. The zero-order chi connectivity index (χ0) is 22.8. The van der Waals surface area contributed by atoms with Gasteiger partial charge in [-0.05, 0) is 61.2 Å². The first-order valence-corrected chi connectivity index (χ1v) is 9.52. The van der Waals surface area contributed by atoms with Crippen LogP contribution in [-0.4, -0.2) is 15.9 Å². The van der Waals surface area contributed by atoms with Gasteiger partial charge in [0.15, 0.2) is 0 Å². The Morgan fingerprint density at radius 3 is 2.13 bits per heavy atom. The van der Waals surface area contributed by atoms with Crippen molar-refractivity contribution in [2.24, 2.45) is 0 Å². The minimum atomic E-state index is -4.79. The minimum absolute atomic E-state index is 0.0188. The predicted octanol–water partition coefficient (Wildman–Crippen LogP) is 4.46. The highest BCUT2D eigenvalue weighted by molar-refractivity contribution is 5.38. The average Bonchev–Trinajstić information content (AvgIpc) is 2.64. The standard InChI is InChI=1S/C22H21F3N2O4/c1-4-18-19(28)26-21(29)27(20(18)30-17-10-13(2)9-14(3)11-17)12-15-5-7-16(8-6-15)31-22(23,24)25/h5-11H,4,12H2,1-3H3,(H,26,28,29). The van der Waals surface area contributed by atoms with E-state index in [-0.39, 0.29) is 23.7 Å². The SMILES string of the molecule is CCc1c(Oc2cc(C)cc(C)c2)n(Cc2ccc(OC(F)(F)F)cc2)c(=O)[nH]c1=O. The van der Waals surface area contributed by atoms with Gasteiger partial charge < -0.3 is 9.47 Å². The first-order chi connectivity index (χ1) is 14.6. The van der Waals surface area contributed by atoms with Crippen molar-refractivity contribution in [3.63, 3.8) is 0 Å². The molecule has 0 radical (unpaired) electrons. The normalized spacial score (nSPS) is 11.4. The highest BCUT2D eigenvalue weighted by Crippen LogP contribution is 2.27. The molecule has 0 atom stereocenters. The van der Waals surface area contributed by atoms with E-state index < -0.39 is 17.6 Å². The second-order valence-corrected chi connectivity index (χ2v) is 7.10. The molecule has 0 fully saturated rings. The Kier molecular flexibility index (Phi) is 6.24. The summed E-state index contributed by atoms with van der Waals surface area (Å²) >= 11 is 0. The molecule has 0 saturated heterocycles. The second-order valence-electron chi connectivity index (χ2n) is 7.10. The molecule has 31 heavy (non-hydrogen) atoms. The van der Waals surface area contributed by atoms with Crippen molar-refractivity contribution in [1.82, 2.24) is 9.55 Å². The zero-order valence-corrected chi connectivity index (χ0v) is 17.2. The number of aromatic nitrogens is 2. The van der Waals surface area contributed by atoms with Crippen molar-refractivity contribution in [2.45, 2.75) is 40.1 Å². The summed E-state index contributed by atoms with van der Waals surface area (Å²) in [6, 6.07) is 10.7. The third-order valence-electron chi connectivity index (χ3n) is 4.50. The second kappa shape index (κ2) is 8.71. The molecule has 3 rings (SSSR count). The van der Waals surface area contributed by atoms with Crippen molar-refractivity contribution >= 4 is 0 Å². The maximum Gasteiger partial charge on any atom is 0.573 e. The fourth-order valence-corrected chi connectivity index (χ4v) is 3.25. The summed E-state index contributed by atoms with van der Waals surface area (Å²) in [6.07, 6.45) is -4.48. The van der Waals surface area contributed by atoms with Crippen LogP contribution in [0.1, 0.15) is 29.2 Å². The van der Waals surface area contributed by atoms with Gasteiger partial charge in [-0.25, -0.2) is 4.79 Å². The van der Waals surface area contributed by atoms with Crippen LogP contribution in [0.15, 0.2) is 52.1 Å². The molecule has 1 heterocycles. The highest BCUT2D eigenvalue weighted by Gasteiger charge is 2.31. The molecular formula is C22H21F3N2O4. The number of nitrogens with zero attached hydrogens (tertiary/aromatic N) is 1. The van der Waals surface area contributed by atoms with E-state index in [4.69, 9.17) is 4.74 Å². The molecule has 1 N–H and O–H groups in total. The monoisotopic (exact) mass is 434 g/mol. The van der Waals surface area contributed by atoms with E-state index in [1.807, 2.05) is 19.9 Å². The summed E-state index contributed by atoms with van der Waals surface area (Å²) in [5.41, 5.74) is 1.49. The number of benzene rings is 2. The van der Waals surface area contributed by atoms with Gasteiger partial charge in [0.2, 0.25) is 5.88 Å². The first-order valence-electron chi connectivity index (χ1n) is 9.52. The summed E-state index contributed by atoms with van der Waals surface area (Å²) in [5.74, 6) is 0.197. The van der Waals surface area contributed by atoms with Gasteiger partial charge in [0.05, 0.1) is 12.1 Å². The largest absolute Gasteiger partial charge is 0.573 e. The molecule has 6 nitrogen and oxygen atoms in total. The Balaban J connectivity index is 2.01. The highest BCUT2D eigenvalue weighted by atomic mass is 19.4. The molecule has 0 aliphatic heterocycles. The Bertz CT molecular complexity index is 1180. The molecule has 0 aliphatic carbocycles. The zero-order valence-electron chi connectivity index (χ0n) is 17.2. The predicted molar refractivity (Wildman–Crippen MR) is 109 cm³/mol. The Hall–Kier alpha value is -3.49. The molecule has 9 heteroatoms. The molecule has 0 saturated carbocycles. The Morgan fingerprint density at radius 1 is 0.968 bits per heavy atom. The van der Waals surface area contributed by atoms with Crippen LogP contribution in [0.25, 0.3) is 0 Å². The number of ether oxygens (including phenoxy) is 2. The molecule has 3 aromatic rings. The topological polar surface area (TPSA) is 73.3 Å². The van der Waals surface area contributed by atoms with Gasteiger partial charge in [-0.2, -0.15) is 0 Å². The van der Waals surface area contributed by atoms with Gasteiger partial charge in [0, 0.05) is 0 Å². The van der Waals surface area contributed by atoms with Gasteiger partial charge in [-0.1, -0.05) is 25.1 Å². The molecule has 1 aromatic heterocycles. The lowest BCUT2D eigenvalue weighted by Crippen LogP contribution is -2.33. The van der Waals surface area contributed by atoms with Gasteiger partial charge >= 0.3 is 12.1 Å². The lowest BCUT2D eigenvalue weighted by atomic mass is 10.1. The van der Waals surface area contributed by atoms with E-state index in [2.05, 4.69) is 9.72 Å². The van der Waals surface area contributed by atoms with Crippen molar-refractivity contribution < 1.29 is 22.6 Å². The van der Waals surface area contributed by atoms with Gasteiger partial charge in [-0.15, -0.1) is 13.2 Å². The fourth-order valence-electron chi connectivity index (χ4n) is 3.25. The van der Waals surface area contributed by atoms with E-state index in [1.54, 1.807) is 19.1 Å². The van der Waals surface area contributed by atoms with E-state index in [0.717, 1.165) is 23.3 Å². The molecule has 2 aromatic carbocycles. The van der Waals surface area contributed by atoms with Crippen LogP contribution in [0.3, 0.4) is 0 Å². The van der Waals surface area contributed by atoms with Crippen LogP contribution in [0.5, 0.6) is 17.4 Å². The molecule has 0 amide bonds. The van der Waals surface area contributed by atoms with E-state index in [1.165, 1.54) is 16.7 Å². The summed E-state index contributed by atoms with van der Waals surface area (Å²) in [4.78, 5) is 27.2. The van der Waals surface area contributed by atoms with Crippen molar-refractivity contribution in [1.29, 1.82) is 0 Å². The fraction of sp³-hybridized carbons (Fsp3) is 0.273. The quantitative estimate of drug-likeness (QED) is 0.622. The number of rotatable bonds is 6. The molecule has 0 bridgehead atoms. The summed E-state index contributed by atoms with van der Waals surface area (Å²) < 4.78 is 48.2. The van der Waals surface area contributed by atoms with E-state index in [0.29, 0.717) is 17.7 Å². The molecule has 0 aliphatic rings. The van der Waals surface area contributed by atoms with Crippen LogP contribution in [0.4, 0.5) is 13.2 Å². The van der Waals surface area contributed by atoms with E-state index >= 15 is 0 Å².